The fraction of sp³-hybridized carbons (Fsp3) is 0.115. The molecule has 0 aliphatic carbocycles. The summed E-state index contributed by atoms with van der Waals surface area (Å²) in [5.74, 6) is -0.528. The number of benzene rings is 3. The molecule has 1 fully saturated rings. The van der Waals surface area contributed by atoms with Crippen molar-refractivity contribution >= 4 is 68.7 Å². The van der Waals surface area contributed by atoms with Crippen molar-refractivity contribution < 1.29 is 28.6 Å². The standard InChI is InChI=1S/C26H19BrCl2N2O6/c1-35-22-14-15(13-20(29)23(22)37-11-10-36-21-5-3-2-4-19(21)28)12-18-24(32)30-26(34)31(25(18)33)17-8-6-16(27)7-9-17/h2-9,12-14H,10-11H2,1H3,(H,30,32,34)/b18-12+. The molecular formula is C26H19BrCl2N2O6. The maximum absolute atomic E-state index is 13.1. The molecule has 0 bridgehead atoms. The number of carbonyl (C=O) groups excluding carboxylic acids is 3. The number of rotatable bonds is 8. The van der Waals surface area contributed by atoms with Gasteiger partial charge in [-0.2, -0.15) is 0 Å². The van der Waals surface area contributed by atoms with Gasteiger partial charge in [0, 0.05) is 4.47 Å². The Morgan fingerprint density at radius 2 is 1.62 bits per heavy atom. The van der Waals surface area contributed by atoms with E-state index in [2.05, 4.69) is 21.2 Å². The van der Waals surface area contributed by atoms with Gasteiger partial charge in [-0.3, -0.25) is 14.9 Å². The van der Waals surface area contributed by atoms with Gasteiger partial charge in [0.1, 0.15) is 24.5 Å². The number of ether oxygens (including phenoxy) is 3. The molecule has 4 amide bonds. The van der Waals surface area contributed by atoms with E-state index in [-0.39, 0.29) is 35.3 Å². The third-order valence-electron chi connectivity index (χ3n) is 5.17. The van der Waals surface area contributed by atoms with Crippen molar-refractivity contribution in [1.29, 1.82) is 0 Å². The number of anilines is 1. The van der Waals surface area contributed by atoms with Gasteiger partial charge in [-0.15, -0.1) is 0 Å². The molecule has 0 unspecified atom stereocenters. The predicted molar refractivity (Wildman–Crippen MR) is 144 cm³/mol. The molecule has 1 aliphatic rings. The molecule has 0 atom stereocenters. The van der Waals surface area contributed by atoms with Gasteiger partial charge in [0.25, 0.3) is 11.8 Å². The summed E-state index contributed by atoms with van der Waals surface area (Å²) in [6.45, 7) is 0.344. The lowest BCUT2D eigenvalue weighted by Gasteiger charge is -2.26. The van der Waals surface area contributed by atoms with Crippen molar-refractivity contribution in [2.45, 2.75) is 0 Å². The number of nitrogens with zero attached hydrogens (tertiary/aromatic N) is 1. The van der Waals surface area contributed by atoms with Gasteiger partial charge in [0.2, 0.25) is 0 Å². The van der Waals surface area contributed by atoms with Gasteiger partial charge in [-0.05, 0) is 60.2 Å². The van der Waals surface area contributed by atoms with Crippen molar-refractivity contribution in [3.05, 3.63) is 86.3 Å². The minimum absolute atomic E-state index is 0.146. The van der Waals surface area contributed by atoms with Crippen LogP contribution < -0.4 is 24.4 Å². The number of methoxy groups -OCH3 is 1. The highest BCUT2D eigenvalue weighted by atomic mass is 79.9. The highest BCUT2D eigenvalue weighted by Crippen LogP contribution is 2.37. The molecule has 1 saturated heterocycles. The maximum atomic E-state index is 13.1. The fourth-order valence-electron chi connectivity index (χ4n) is 3.47. The molecule has 3 aromatic carbocycles. The molecule has 0 radical (unpaired) electrons. The number of para-hydroxylation sites is 1. The number of imide groups is 2. The summed E-state index contributed by atoms with van der Waals surface area (Å²) in [4.78, 5) is 38.9. The normalized spacial score (nSPS) is 14.5. The molecule has 0 saturated carbocycles. The monoisotopic (exact) mass is 604 g/mol. The van der Waals surface area contributed by atoms with E-state index in [4.69, 9.17) is 37.4 Å². The molecule has 1 N–H and O–H groups in total. The SMILES string of the molecule is COc1cc(/C=C2\C(=O)NC(=O)N(c3ccc(Br)cc3)C2=O)cc(Cl)c1OCCOc1ccccc1Cl. The molecule has 0 spiro atoms. The Morgan fingerprint density at radius 1 is 0.919 bits per heavy atom. The van der Waals surface area contributed by atoms with Gasteiger partial charge in [0.15, 0.2) is 11.5 Å². The molecule has 1 aliphatic heterocycles. The minimum atomic E-state index is -0.840. The van der Waals surface area contributed by atoms with E-state index in [0.29, 0.717) is 22.0 Å². The third-order valence-corrected chi connectivity index (χ3v) is 6.29. The highest BCUT2D eigenvalue weighted by molar-refractivity contribution is 9.10. The van der Waals surface area contributed by atoms with Gasteiger partial charge >= 0.3 is 6.03 Å². The number of urea groups is 1. The van der Waals surface area contributed by atoms with E-state index in [0.717, 1.165) is 9.37 Å². The zero-order valence-corrected chi connectivity index (χ0v) is 22.4. The van der Waals surface area contributed by atoms with E-state index < -0.39 is 17.8 Å². The first-order chi connectivity index (χ1) is 17.8. The smallest absolute Gasteiger partial charge is 0.335 e. The molecule has 190 valence electrons. The first-order valence-corrected chi connectivity index (χ1v) is 12.4. The Morgan fingerprint density at radius 3 is 2.32 bits per heavy atom. The van der Waals surface area contributed by atoms with Gasteiger partial charge in [-0.25, -0.2) is 9.69 Å². The van der Waals surface area contributed by atoms with Crippen LogP contribution in [-0.4, -0.2) is 38.2 Å². The van der Waals surface area contributed by atoms with Crippen LogP contribution in [0.15, 0.2) is 70.7 Å². The molecular weight excluding hydrogens is 587 g/mol. The molecule has 8 nitrogen and oxygen atoms in total. The number of barbiturate groups is 1. The van der Waals surface area contributed by atoms with E-state index in [1.807, 2.05) is 0 Å². The summed E-state index contributed by atoms with van der Waals surface area (Å²) in [5.41, 5.74) is 0.454. The molecule has 3 aromatic rings. The average molecular weight is 606 g/mol. The summed E-state index contributed by atoms with van der Waals surface area (Å²) in [6, 6.07) is 15.8. The van der Waals surface area contributed by atoms with E-state index >= 15 is 0 Å². The van der Waals surface area contributed by atoms with Crippen molar-refractivity contribution in [2.75, 3.05) is 25.2 Å². The number of amides is 4. The Bertz CT molecular complexity index is 1390. The second-order valence-electron chi connectivity index (χ2n) is 7.60. The quantitative estimate of drug-likeness (QED) is 0.195. The van der Waals surface area contributed by atoms with E-state index in [9.17, 15) is 14.4 Å². The van der Waals surface area contributed by atoms with E-state index in [1.165, 1.54) is 19.3 Å². The third kappa shape index (κ3) is 6.07. The van der Waals surface area contributed by atoms with Crippen LogP contribution >= 0.6 is 39.1 Å². The molecule has 37 heavy (non-hydrogen) atoms. The maximum Gasteiger partial charge on any atom is 0.335 e. The van der Waals surface area contributed by atoms with Crippen LogP contribution in [0, 0.1) is 0 Å². The van der Waals surface area contributed by atoms with Crippen molar-refractivity contribution in [3.63, 3.8) is 0 Å². The summed E-state index contributed by atoms with van der Waals surface area (Å²) >= 11 is 15.8. The van der Waals surface area contributed by atoms with Crippen LogP contribution in [0.3, 0.4) is 0 Å². The lowest BCUT2D eigenvalue weighted by molar-refractivity contribution is -0.122. The van der Waals surface area contributed by atoms with Crippen LogP contribution in [0.4, 0.5) is 10.5 Å². The van der Waals surface area contributed by atoms with Crippen LogP contribution in [0.25, 0.3) is 6.08 Å². The lowest BCUT2D eigenvalue weighted by Crippen LogP contribution is -2.54. The Balaban J connectivity index is 1.53. The van der Waals surface area contributed by atoms with Crippen LogP contribution in [0.1, 0.15) is 5.56 Å². The van der Waals surface area contributed by atoms with Crippen LogP contribution in [-0.2, 0) is 9.59 Å². The zero-order valence-electron chi connectivity index (χ0n) is 19.3. The Hall–Kier alpha value is -3.53. The fourth-order valence-corrected chi connectivity index (χ4v) is 4.20. The molecule has 11 heteroatoms. The molecule has 4 rings (SSSR count). The summed E-state index contributed by atoms with van der Waals surface area (Å²) in [5, 5.41) is 2.86. The number of hydrogen-bond acceptors (Lipinski definition) is 6. The first-order valence-electron chi connectivity index (χ1n) is 10.8. The average Bonchev–Trinajstić information content (AvgIpc) is 2.87. The Kier molecular flexibility index (Phi) is 8.38. The topological polar surface area (TPSA) is 94.2 Å². The summed E-state index contributed by atoms with van der Waals surface area (Å²) < 4.78 is 17.6. The number of carbonyl (C=O) groups is 3. The van der Waals surface area contributed by atoms with Crippen LogP contribution in [0.2, 0.25) is 10.0 Å². The Labute approximate surface area is 230 Å². The highest BCUT2D eigenvalue weighted by Gasteiger charge is 2.36. The zero-order chi connectivity index (χ0) is 26.5. The summed E-state index contributed by atoms with van der Waals surface area (Å²) in [7, 11) is 1.43. The van der Waals surface area contributed by atoms with Gasteiger partial charge in [-0.1, -0.05) is 51.3 Å². The molecule has 0 aromatic heterocycles. The van der Waals surface area contributed by atoms with Gasteiger partial charge in [0.05, 0.1) is 22.8 Å². The van der Waals surface area contributed by atoms with Crippen molar-refractivity contribution in [2.24, 2.45) is 0 Å². The van der Waals surface area contributed by atoms with E-state index in [1.54, 1.807) is 54.6 Å². The number of nitrogens with one attached hydrogen (secondary N) is 1. The second-order valence-corrected chi connectivity index (χ2v) is 9.33. The number of halogens is 3. The first kappa shape index (κ1) is 26.5. The largest absolute Gasteiger partial charge is 0.493 e. The van der Waals surface area contributed by atoms with Crippen molar-refractivity contribution in [3.8, 4) is 17.2 Å². The summed E-state index contributed by atoms with van der Waals surface area (Å²) in [6.07, 6.45) is 1.33. The van der Waals surface area contributed by atoms with Crippen molar-refractivity contribution in [1.82, 2.24) is 5.32 Å². The predicted octanol–water partition coefficient (Wildman–Crippen LogP) is 5.89. The second kappa shape index (κ2) is 11.7. The molecule has 1 heterocycles. The lowest BCUT2D eigenvalue weighted by atomic mass is 10.1. The van der Waals surface area contributed by atoms with Gasteiger partial charge < -0.3 is 14.2 Å². The van der Waals surface area contributed by atoms with Crippen LogP contribution in [0.5, 0.6) is 17.2 Å². The minimum Gasteiger partial charge on any atom is -0.493 e. The number of hydrogen-bond donors (Lipinski definition) is 1.